The highest BCUT2D eigenvalue weighted by atomic mass is 79.9. The third-order valence-electron chi connectivity index (χ3n) is 3.62. The van der Waals surface area contributed by atoms with Crippen LogP contribution in [0.3, 0.4) is 0 Å². The summed E-state index contributed by atoms with van der Waals surface area (Å²) in [5.41, 5.74) is 3.03. The van der Waals surface area contributed by atoms with Crippen LogP contribution in [0.15, 0.2) is 65.0 Å². The van der Waals surface area contributed by atoms with Crippen molar-refractivity contribution in [2.24, 2.45) is 4.99 Å². The van der Waals surface area contributed by atoms with Gasteiger partial charge in [-0.25, -0.2) is 9.98 Å². The fraction of sp³-hybridized carbons (Fsp3) is 0.111. The van der Waals surface area contributed by atoms with Gasteiger partial charge in [0.2, 0.25) is 0 Å². The Bertz CT molecular complexity index is 866. The molecular formula is C18H14BrClN3S2-. The standard InChI is InChI=1S/C18H14ClN3S2.BrH/c19-14-8-6-13(7-9-14)16-12-24-18(21-16)22-10-11-23-17(22)20-15-4-2-1-3-5-15;/h1-9,12H,10-11H2;1H/p-1. The van der Waals surface area contributed by atoms with Gasteiger partial charge in [-0.1, -0.05) is 53.7 Å². The van der Waals surface area contributed by atoms with Gasteiger partial charge in [-0.3, -0.25) is 4.90 Å². The number of nitrogens with zero attached hydrogens (tertiary/aromatic N) is 3. The lowest BCUT2D eigenvalue weighted by atomic mass is 10.2. The first-order valence-corrected chi connectivity index (χ1v) is 9.79. The molecule has 1 saturated heterocycles. The minimum Gasteiger partial charge on any atom is -1.00 e. The molecule has 3 aromatic rings. The third-order valence-corrected chi connectivity index (χ3v) is 5.69. The molecule has 0 amide bonds. The molecule has 3 nitrogen and oxygen atoms in total. The monoisotopic (exact) mass is 450 g/mol. The zero-order valence-electron chi connectivity index (χ0n) is 13.1. The lowest BCUT2D eigenvalue weighted by Crippen LogP contribution is -3.00. The maximum Gasteiger partial charge on any atom is 0.191 e. The summed E-state index contributed by atoms with van der Waals surface area (Å²) < 4.78 is 0. The van der Waals surface area contributed by atoms with Crippen molar-refractivity contribution in [2.75, 3.05) is 17.2 Å². The molecule has 0 atom stereocenters. The first kappa shape index (κ1) is 18.5. The van der Waals surface area contributed by atoms with E-state index in [2.05, 4.69) is 10.3 Å². The largest absolute Gasteiger partial charge is 1.00 e. The molecule has 1 fully saturated rings. The van der Waals surface area contributed by atoms with Crippen LogP contribution >= 0.6 is 34.7 Å². The van der Waals surface area contributed by atoms with E-state index in [1.54, 1.807) is 23.1 Å². The fourth-order valence-corrected chi connectivity index (χ4v) is 4.43. The summed E-state index contributed by atoms with van der Waals surface area (Å²) in [7, 11) is 0. The summed E-state index contributed by atoms with van der Waals surface area (Å²) in [4.78, 5) is 11.8. The number of halogens is 2. The van der Waals surface area contributed by atoms with E-state index in [-0.39, 0.29) is 17.0 Å². The molecule has 4 rings (SSSR count). The minimum absolute atomic E-state index is 0. The van der Waals surface area contributed by atoms with Crippen molar-refractivity contribution < 1.29 is 17.0 Å². The second kappa shape index (κ2) is 8.36. The van der Waals surface area contributed by atoms with Gasteiger partial charge >= 0.3 is 0 Å². The molecule has 0 radical (unpaired) electrons. The van der Waals surface area contributed by atoms with Crippen LogP contribution in [-0.2, 0) is 0 Å². The predicted molar refractivity (Wildman–Crippen MR) is 106 cm³/mol. The number of aliphatic imine (C=N–C) groups is 1. The average molecular weight is 452 g/mol. The van der Waals surface area contributed by atoms with E-state index in [4.69, 9.17) is 21.6 Å². The Morgan fingerprint density at radius 1 is 1.04 bits per heavy atom. The normalized spacial score (nSPS) is 15.4. The Hall–Kier alpha value is -1.34. The highest BCUT2D eigenvalue weighted by molar-refractivity contribution is 8.14. The maximum absolute atomic E-state index is 5.96. The summed E-state index contributed by atoms with van der Waals surface area (Å²) in [5.74, 6) is 1.03. The summed E-state index contributed by atoms with van der Waals surface area (Å²) in [6, 6.07) is 17.8. The van der Waals surface area contributed by atoms with Crippen LogP contribution in [-0.4, -0.2) is 22.4 Å². The Kier molecular flexibility index (Phi) is 6.17. The van der Waals surface area contributed by atoms with Gasteiger partial charge in [-0.15, -0.1) is 11.3 Å². The van der Waals surface area contributed by atoms with Crippen LogP contribution in [0.2, 0.25) is 5.02 Å². The van der Waals surface area contributed by atoms with Crippen molar-refractivity contribution in [3.8, 4) is 11.3 Å². The van der Waals surface area contributed by atoms with Crippen LogP contribution in [0.4, 0.5) is 10.8 Å². The van der Waals surface area contributed by atoms with Crippen LogP contribution in [0.5, 0.6) is 0 Å². The molecule has 2 aromatic carbocycles. The molecule has 1 aliphatic rings. The fourth-order valence-electron chi connectivity index (χ4n) is 2.43. The number of benzene rings is 2. The summed E-state index contributed by atoms with van der Waals surface area (Å²) >= 11 is 9.38. The number of rotatable bonds is 3. The number of thiazole rings is 1. The molecule has 0 N–H and O–H groups in total. The van der Waals surface area contributed by atoms with Crippen molar-refractivity contribution in [3.05, 3.63) is 65.0 Å². The second-order valence-electron chi connectivity index (χ2n) is 5.25. The highest BCUT2D eigenvalue weighted by Gasteiger charge is 2.24. The molecule has 7 heteroatoms. The SMILES string of the molecule is Clc1ccc(-c2csc(N3CCSC3=Nc3ccccc3)n2)cc1.[Br-]. The molecule has 25 heavy (non-hydrogen) atoms. The summed E-state index contributed by atoms with van der Waals surface area (Å²) in [6.07, 6.45) is 0. The minimum atomic E-state index is 0. The van der Waals surface area contributed by atoms with Crippen molar-refractivity contribution in [1.29, 1.82) is 0 Å². The van der Waals surface area contributed by atoms with Crippen LogP contribution in [0, 0.1) is 0 Å². The van der Waals surface area contributed by atoms with Gasteiger partial charge in [0.15, 0.2) is 10.3 Å². The Balaban J connectivity index is 0.00000182. The zero-order chi connectivity index (χ0) is 16.4. The second-order valence-corrected chi connectivity index (χ2v) is 7.59. The number of amidine groups is 1. The van der Waals surface area contributed by atoms with E-state index >= 15 is 0 Å². The summed E-state index contributed by atoms with van der Waals surface area (Å²) in [6.45, 7) is 0.934. The van der Waals surface area contributed by atoms with Crippen molar-refractivity contribution in [3.63, 3.8) is 0 Å². The van der Waals surface area contributed by atoms with E-state index in [0.717, 1.165) is 44.6 Å². The molecule has 0 unspecified atom stereocenters. The van der Waals surface area contributed by atoms with Gasteiger partial charge in [0, 0.05) is 28.3 Å². The number of aromatic nitrogens is 1. The molecule has 0 bridgehead atoms. The lowest BCUT2D eigenvalue weighted by Gasteiger charge is -2.13. The zero-order valence-corrected chi connectivity index (χ0v) is 17.1. The molecule has 1 aliphatic heterocycles. The van der Waals surface area contributed by atoms with E-state index in [1.807, 2.05) is 54.6 Å². The molecule has 2 heterocycles. The predicted octanol–water partition coefficient (Wildman–Crippen LogP) is 2.71. The first-order valence-electron chi connectivity index (χ1n) is 7.55. The van der Waals surface area contributed by atoms with Gasteiger partial charge in [-0.2, -0.15) is 0 Å². The lowest BCUT2D eigenvalue weighted by molar-refractivity contribution is -0.00000452. The maximum atomic E-state index is 5.96. The Morgan fingerprint density at radius 3 is 2.56 bits per heavy atom. The molecule has 1 aromatic heterocycles. The molecule has 0 spiro atoms. The first-order chi connectivity index (χ1) is 11.8. The number of thioether (sulfide) groups is 1. The number of para-hydroxylation sites is 1. The number of hydrogen-bond donors (Lipinski definition) is 0. The van der Waals surface area contributed by atoms with E-state index in [9.17, 15) is 0 Å². The smallest absolute Gasteiger partial charge is 0.191 e. The number of anilines is 1. The molecule has 128 valence electrons. The summed E-state index contributed by atoms with van der Waals surface area (Å²) in [5, 5.41) is 4.82. The van der Waals surface area contributed by atoms with Gasteiger partial charge in [0.1, 0.15) is 0 Å². The van der Waals surface area contributed by atoms with E-state index in [0.29, 0.717) is 0 Å². The third kappa shape index (κ3) is 4.26. The van der Waals surface area contributed by atoms with Crippen LogP contribution in [0.1, 0.15) is 0 Å². The van der Waals surface area contributed by atoms with Gasteiger partial charge in [0.05, 0.1) is 11.4 Å². The van der Waals surface area contributed by atoms with Crippen molar-refractivity contribution in [1.82, 2.24) is 4.98 Å². The van der Waals surface area contributed by atoms with Crippen LogP contribution in [0.25, 0.3) is 11.3 Å². The van der Waals surface area contributed by atoms with Gasteiger partial charge < -0.3 is 17.0 Å². The van der Waals surface area contributed by atoms with E-state index in [1.165, 1.54) is 0 Å². The molecular weight excluding hydrogens is 438 g/mol. The van der Waals surface area contributed by atoms with Gasteiger partial charge in [0.25, 0.3) is 0 Å². The Labute approximate surface area is 170 Å². The van der Waals surface area contributed by atoms with Crippen molar-refractivity contribution >= 4 is 50.7 Å². The topological polar surface area (TPSA) is 28.5 Å². The van der Waals surface area contributed by atoms with Gasteiger partial charge in [-0.05, 0) is 24.3 Å². The quantitative estimate of drug-likeness (QED) is 0.613. The molecule has 0 aliphatic carbocycles. The van der Waals surface area contributed by atoms with E-state index < -0.39 is 0 Å². The molecule has 0 saturated carbocycles. The highest BCUT2D eigenvalue weighted by Crippen LogP contribution is 2.33. The average Bonchev–Trinajstić information content (AvgIpc) is 3.25. The Morgan fingerprint density at radius 2 is 1.80 bits per heavy atom. The number of hydrogen-bond acceptors (Lipinski definition) is 4. The van der Waals surface area contributed by atoms with Crippen molar-refractivity contribution in [2.45, 2.75) is 0 Å². The van der Waals surface area contributed by atoms with Crippen LogP contribution < -0.4 is 21.9 Å².